The van der Waals surface area contributed by atoms with Crippen LogP contribution in [-0.2, 0) is 6.42 Å². The summed E-state index contributed by atoms with van der Waals surface area (Å²) in [5, 5.41) is 9.71. The highest BCUT2D eigenvalue weighted by atomic mass is 35.5. The van der Waals surface area contributed by atoms with Gasteiger partial charge in [0.1, 0.15) is 5.75 Å². The molecule has 4 heteroatoms. The van der Waals surface area contributed by atoms with Crippen molar-refractivity contribution in [2.45, 2.75) is 13.3 Å². The average molecular weight is 214 g/mol. The molecular weight excluding hydrogens is 202 g/mol. The topological polar surface area (TPSA) is 63.3 Å². The Labute approximate surface area is 87.5 Å². The Morgan fingerprint density at radius 3 is 2.71 bits per heavy atom. The van der Waals surface area contributed by atoms with Gasteiger partial charge < -0.3 is 10.8 Å². The smallest absolute Gasteiger partial charge is 0.180 e. The van der Waals surface area contributed by atoms with Gasteiger partial charge in [-0.2, -0.15) is 0 Å². The third kappa shape index (κ3) is 2.05. The van der Waals surface area contributed by atoms with Crippen molar-refractivity contribution < 1.29 is 9.90 Å². The van der Waals surface area contributed by atoms with Crippen molar-refractivity contribution in [3.63, 3.8) is 0 Å². The molecule has 0 aliphatic carbocycles. The highest BCUT2D eigenvalue weighted by molar-refractivity contribution is 6.32. The molecule has 1 rings (SSSR count). The van der Waals surface area contributed by atoms with Crippen LogP contribution in [0.5, 0.6) is 5.75 Å². The van der Waals surface area contributed by atoms with E-state index in [0.717, 1.165) is 12.0 Å². The number of aryl methyl sites for hydroxylation is 1. The Balaban J connectivity index is 3.27. The molecule has 14 heavy (non-hydrogen) atoms. The van der Waals surface area contributed by atoms with Crippen LogP contribution < -0.4 is 5.73 Å². The van der Waals surface area contributed by atoms with Crippen molar-refractivity contribution in [2.75, 3.05) is 6.54 Å². The van der Waals surface area contributed by atoms with Gasteiger partial charge >= 0.3 is 0 Å². The Morgan fingerprint density at radius 2 is 2.21 bits per heavy atom. The largest absolute Gasteiger partial charge is 0.506 e. The number of phenols is 1. The molecule has 0 heterocycles. The molecule has 0 saturated carbocycles. The van der Waals surface area contributed by atoms with Crippen molar-refractivity contribution in [2.24, 2.45) is 5.73 Å². The molecule has 0 aliphatic heterocycles. The molecule has 3 nitrogen and oxygen atoms in total. The first kappa shape index (κ1) is 11.0. The number of hydrogen-bond acceptors (Lipinski definition) is 3. The van der Waals surface area contributed by atoms with E-state index in [1.165, 1.54) is 0 Å². The van der Waals surface area contributed by atoms with Gasteiger partial charge in [-0.3, -0.25) is 4.79 Å². The molecule has 0 spiro atoms. The molecule has 0 amide bonds. The van der Waals surface area contributed by atoms with Crippen LogP contribution in [0.2, 0.25) is 5.02 Å². The molecule has 1 aromatic rings. The zero-order valence-corrected chi connectivity index (χ0v) is 8.64. The lowest BCUT2D eigenvalue weighted by atomic mass is 10.0. The van der Waals surface area contributed by atoms with Crippen molar-refractivity contribution in [1.29, 1.82) is 0 Å². The minimum absolute atomic E-state index is 0.128. The Bertz CT molecular complexity index is 363. The fraction of sp³-hybridized carbons (Fsp3) is 0.300. The van der Waals surface area contributed by atoms with Gasteiger partial charge in [-0.25, -0.2) is 0 Å². The van der Waals surface area contributed by atoms with E-state index in [1.807, 2.05) is 6.92 Å². The standard InChI is InChI=1S/C10H12ClNO2/c1-2-6-3-7(9(13)5-12)10(14)8(11)4-6/h3-4,14H,2,5,12H2,1H3. The molecule has 0 saturated heterocycles. The second kappa shape index (κ2) is 4.44. The van der Waals surface area contributed by atoms with E-state index in [4.69, 9.17) is 17.3 Å². The molecule has 0 unspecified atom stereocenters. The van der Waals surface area contributed by atoms with Crippen molar-refractivity contribution in [3.8, 4) is 5.75 Å². The number of hydrogen-bond donors (Lipinski definition) is 2. The van der Waals surface area contributed by atoms with E-state index in [0.29, 0.717) is 0 Å². The van der Waals surface area contributed by atoms with Crippen LogP contribution in [0.3, 0.4) is 0 Å². The van der Waals surface area contributed by atoms with Crippen LogP contribution in [0.15, 0.2) is 12.1 Å². The minimum Gasteiger partial charge on any atom is -0.506 e. The normalized spacial score (nSPS) is 10.2. The summed E-state index contributed by atoms with van der Waals surface area (Å²) in [7, 11) is 0. The predicted octanol–water partition coefficient (Wildman–Crippen LogP) is 1.75. The van der Waals surface area contributed by atoms with Gasteiger partial charge in [0.05, 0.1) is 17.1 Å². The van der Waals surface area contributed by atoms with E-state index in [-0.39, 0.29) is 28.7 Å². The van der Waals surface area contributed by atoms with Crippen LogP contribution in [-0.4, -0.2) is 17.4 Å². The maximum atomic E-state index is 11.3. The maximum absolute atomic E-state index is 11.3. The third-order valence-corrected chi connectivity index (χ3v) is 2.31. The van der Waals surface area contributed by atoms with E-state index in [9.17, 15) is 9.90 Å². The summed E-state index contributed by atoms with van der Waals surface area (Å²) in [6, 6.07) is 3.26. The van der Waals surface area contributed by atoms with Gasteiger partial charge in [0.25, 0.3) is 0 Å². The van der Waals surface area contributed by atoms with Crippen molar-refractivity contribution >= 4 is 17.4 Å². The monoisotopic (exact) mass is 213 g/mol. The number of aromatic hydroxyl groups is 1. The van der Waals surface area contributed by atoms with Crippen LogP contribution in [0.1, 0.15) is 22.8 Å². The van der Waals surface area contributed by atoms with Gasteiger partial charge in [-0.1, -0.05) is 18.5 Å². The summed E-state index contributed by atoms with van der Waals surface area (Å²) >= 11 is 5.76. The number of benzene rings is 1. The van der Waals surface area contributed by atoms with E-state index in [2.05, 4.69) is 0 Å². The van der Waals surface area contributed by atoms with Crippen LogP contribution in [0.25, 0.3) is 0 Å². The zero-order chi connectivity index (χ0) is 10.7. The number of ketones is 1. The van der Waals surface area contributed by atoms with E-state index >= 15 is 0 Å². The van der Waals surface area contributed by atoms with Gasteiger partial charge in [-0.15, -0.1) is 0 Å². The average Bonchev–Trinajstić information content (AvgIpc) is 2.20. The first-order valence-electron chi connectivity index (χ1n) is 4.34. The summed E-state index contributed by atoms with van der Waals surface area (Å²) in [6.45, 7) is 1.82. The van der Waals surface area contributed by atoms with Crippen molar-refractivity contribution in [1.82, 2.24) is 0 Å². The summed E-state index contributed by atoms with van der Waals surface area (Å²) in [5.74, 6) is -0.487. The quantitative estimate of drug-likeness (QED) is 0.752. The second-order valence-electron chi connectivity index (χ2n) is 2.95. The number of halogens is 1. The van der Waals surface area contributed by atoms with Crippen molar-refractivity contribution in [3.05, 3.63) is 28.3 Å². The van der Waals surface area contributed by atoms with E-state index in [1.54, 1.807) is 12.1 Å². The fourth-order valence-electron chi connectivity index (χ4n) is 1.18. The fourth-order valence-corrected chi connectivity index (χ4v) is 1.42. The van der Waals surface area contributed by atoms with Gasteiger partial charge in [0.15, 0.2) is 5.78 Å². The zero-order valence-electron chi connectivity index (χ0n) is 7.88. The lowest BCUT2D eigenvalue weighted by Gasteiger charge is -2.06. The molecule has 0 atom stereocenters. The number of rotatable bonds is 3. The second-order valence-corrected chi connectivity index (χ2v) is 3.36. The van der Waals surface area contributed by atoms with Gasteiger partial charge in [0.2, 0.25) is 0 Å². The first-order chi connectivity index (χ1) is 6.60. The van der Waals surface area contributed by atoms with Gasteiger partial charge in [-0.05, 0) is 24.1 Å². The molecule has 0 aromatic heterocycles. The molecular formula is C10H12ClNO2. The molecule has 0 fully saturated rings. The number of phenolic OH excluding ortho intramolecular Hbond substituents is 1. The first-order valence-corrected chi connectivity index (χ1v) is 4.72. The Kier molecular flexibility index (Phi) is 3.49. The summed E-state index contributed by atoms with van der Waals surface area (Å²) in [6.07, 6.45) is 0.755. The van der Waals surface area contributed by atoms with E-state index < -0.39 is 0 Å². The molecule has 0 bridgehead atoms. The Hall–Kier alpha value is -1.06. The predicted molar refractivity (Wildman–Crippen MR) is 55.9 cm³/mol. The molecule has 0 radical (unpaired) electrons. The van der Waals surface area contributed by atoms with Crippen LogP contribution >= 0.6 is 11.6 Å². The molecule has 76 valence electrons. The summed E-state index contributed by atoms with van der Waals surface area (Å²) in [5.41, 5.74) is 6.32. The molecule has 0 aliphatic rings. The molecule has 1 aromatic carbocycles. The number of nitrogens with two attached hydrogens (primary N) is 1. The number of Topliss-reactive ketones (excluding diaryl/α,β-unsaturated/α-hetero) is 1. The lowest BCUT2D eigenvalue weighted by molar-refractivity contribution is 0.0999. The van der Waals surface area contributed by atoms with Gasteiger partial charge in [0, 0.05) is 0 Å². The number of carbonyl (C=O) groups is 1. The minimum atomic E-state index is -0.306. The van der Waals surface area contributed by atoms with Crippen LogP contribution in [0.4, 0.5) is 0 Å². The summed E-state index contributed by atoms with van der Waals surface area (Å²) in [4.78, 5) is 11.3. The third-order valence-electron chi connectivity index (χ3n) is 2.02. The van der Waals surface area contributed by atoms with Crippen LogP contribution in [0, 0.1) is 0 Å². The highest BCUT2D eigenvalue weighted by Crippen LogP contribution is 2.29. The lowest BCUT2D eigenvalue weighted by Crippen LogP contribution is -2.14. The Morgan fingerprint density at radius 1 is 1.57 bits per heavy atom. The summed E-state index contributed by atoms with van der Waals surface area (Å²) < 4.78 is 0. The highest BCUT2D eigenvalue weighted by Gasteiger charge is 2.13. The maximum Gasteiger partial charge on any atom is 0.180 e. The SMILES string of the molecule is CCc1cc(Cl)c(O)c(C(=O)CN)c1. The molecule has 3 N–H and O–H groups in total. The number of carbonyl (C=O) groups excluding carboxylic acids is 1.